The highest BCUT2D eigenvalue weighted by atomic mass is 127. The Hall–Kier alpha value is -0.630. The first-order chi connectivity index (χ1) is 6.60. The van der Waals surface area contributed by atoms with Crippen LogP contribution in [0.4, 0.5) is 0 Å². The third-order valence-electron chi connectivity index (χ3n) is 1.86. The predicted octanol–water partition coefficient (Wildman–Crippen LogP) is 0.461. The van der Waals surface area contributed by atoms with Gasteiger partial charge in [-0.15, -0.1) is 0 Å². The number of carbonyl (C=O) groups excluding carboxylic acids is 1. The number of aromatic nitrogens is 2. The molecule has 0 aliphatic heterocycles. The lowest BCUT2D eigenvalue weighted by atomic mass is 10.4. The summed E-state index contributed by atoms with van der Waals surface area (Å²) in [4.78, 5) is 11.0. The first kappa shape index (κ1) is 11.4. The minimum atomic E-state index is -0.350. The first-order valence-corrected chi connectivity index (χ1v) is 5.07. The predicted molar refractivity (Wildman–Crippen MR) is 57.6 cm³/mol. The fourth-order valence-corrected chi connectivity index (χ4v) is 1.59. The summed E-state index contributed by atoms with van der Waals surface area (Å²) < 4.78 is 6.94. The van der Waals surface area contributed by atoms with Gasteiger partial charge in [0.2, 0.25) is 0 Å². The van der Waals surface area contributed by atoms with Crippen molar-refractivity contribution in [2.75, 3.05) is 7.11 Å². The zero-order valence-electron chi connectivity index (χ0n) is 7.95. The number of esters is 1. The highest BCUT2D eigenvalue weighted by Gasteiger charge is 2.13. The van der Waals surface area contributed by atoms with Crippen molar-refractivity contribution in [3.8, 4) is 0 Å². The zero-order valence-corrected chi connectivity index (χ0v) is 10.1. The van der Waals surface area contributed by atoms with Gasteiger partial charge >= 0.3 is 5.97 Å². The minimum absolute atomic E-state index is 0.0817. The summed E-state index contributed by atoms with van der Waals surface area (Å²) in [6.07, 6.45) is 0. The molecule has 6 heteroatoms. The van der Waals surface area contributed by atoms with Crippen LogP contribution in [-0.4, -0.2) is 28.0 Å². The van der Waals surface area contributed by atoms with Crippen molar-refractivity contribution in [1.82, 2.24) is 9.78 Å². The monoisotopic (exact) mass is 310 g/mol. The van der Waals surface area contributed by atoms with Crippen molar-refractivity contribution in [2.45, 2.75) is 20.1 Å². The van der Waals surface area contributed by atoms with Gasteiger partial charge < -0.3 is 9.84 Å². The number of aliphatic hydroxyl groups is 1. The molecule has 1 N–H and O–H groups in total. The molecule has 0 fully saturated rings. The molecule has 0 spiro atoms. The number of hydrogen-bond acceptors (Lipinski definition) is 4. The molecule has 14 heavy (non-hydrogen) atoms. The standard InChI is InChI=1S/C8H11IN2O3/c1-5-8(9)6(4-12)10-11(5)3-7(13)14-2/h12H,3-4H2,1-2H3. The summed E-state index contributed by atoms with van der Waals surface area (Å²) in [5, 5.41) is 13.0. The fourth-order valence-electron chi connectivity index (χ4n) is 1.03. The van der Waals surface area contributed by atoms with Gasteiger partial charge in [-0.25, -0.2) is 0 Å². The zero-order chi connectivity index (χ0) is 10.7. The van der Waals surface area contributed by atoms with E-state index in [0.717, 1.165) is 9.26 Å². The van der Waals surface area contributed by atoms with E-state index < -0.39 is 0 Å². The van der Waals surface area contributed by atoms with E-state index in [0.29, 0.717) is 5.69 Å². The summed E-state index contributed by atoms with van der Waals surface area (Å²) in [5.41, 5.74) is 1.45. The maximum Gasteiger partial charge on any atom is 0.327 e. The number of hydrogen-bond donors (Lipinski definition) is 1. The Labute approximate surface area is 95.2 Å². The van der Waals surface area contributed by atoms with Gasteiger partial charge in [0, 0.05) is 5.69 Å². The molecular weight excluding hydrogens is 299 g/mol. The quantitative estimate of drug-likeness (QED) is 0.651. The van der Waals surface area contributed by atoms with E-state index in [1.807, 2.05) is 6.92 Å². The van der Waals surface area contributed by atoms with Crippen molar-refractivity contribution in [3.05, 3.63) is 15.0 Å². The van der Waals surface area contributed by atoms with Crippen LogP contribution in [0.5, 0.6) is 0 Å². The molecule has 0 aliphatic rings. The van der Waals surface area contributed by atoms with Gasteiger partial charge in [0.25, 0.3) is 0 Å². The normalized spacial score (nSPS) is 10.3. The van der Waals surface area contributed by atoms with Crippen LogP contribution < -0.4 is 0 Å². The molecule has 0 saturated carbocycles. The van der Waals surface area contributed by atoms with Crippen molar-refractivity contribution in [1.29, 1.82) is 0 Å². The van der Waals surface area contributed by atoms with E-state index in [4.69, 9.17) is 5.11 Å². The van der Waals surface area contributed by atoms with Crippen molar-refractivity contribution >= 4 is 28.6 Å². The van der Waals surface area contributed by atoms with Crippen LogP contribution in [0.25, 0.3) is 0 Å². The molecule has 1 heterocycles. The van der Waals surface area contributed by atoms with Gasteiger partial charge in [-0.3, -0.25) is 9.48 Å². The largest absolute Gasteiger partial charge is 0.468 e. The summed E-state index contributed by atoms with van der Waals surface area (Å²) in [6, 6.07) is 0. The van der Waals surface area contributed by atoms with Crippen molar-refractivity contribution in [3.63, 3.8) is 0 Å². The van der Waals surface area contributed by atoms with E-state index in [-0.39, 0.29) is 19.1 Å². The number of methoxy groups -OCH3 is 1. The topological polar surface area (TPSA) is 64.4 Å². The van der Waals surface area contributed by atoms with Crippen LogP contribution in [0.1, 0.15) is 11.4 Å². The molecule has 1 aromatic heterocycles. The summed E-state index contributed by atoms with van der Waals surface area (Å²) >= 11 is 2.09. The van der Waals surface area contributed by atoms with Gasteiger partial charge in [0.1, 0.15) is 12.2 Å². The Morgan fingerprint density at radius 2 is 2.36 bits per heavy atom. The molecule has 0 saturated heterocycles. The van der Waals surface area contributed by atoms with Crippen LogP contribution in [0.2, 0.25) is 0 Å². The molecular formula is C8H11IN2O3. The van der Waals surface area contributed by atoms with Crippen LogP contribution >= 0.6 is 22.6 Å². The molecule has 78 valence electrons. The highest BCUT2D eigenvalue weighted by Crippen LogP contribution is 2.16. The Morgan fingerprint density at radius 3 is 2.79 bits per heavy atom. The lowest BCUT2D eigenvalue weighted by Crippen LogP contribution is -2.14. The first-order valence-electron chi connectivity index (χ1n) is 3.99. The molecule has 0 amide bonds. The number of ether oxygens (including phenoxy) is 1. The van der Waals surface area contributed by atoms with Crippen molar-refractivity contribution < 1.29 is 14.6 Å². The van der Waals surface area contributed by atoms with Crippen molar-refractivity contribution in [2.24, 2.45) is 0 Å². The third kappa shape index (κ3) is 2.24. The van der Waals surface area contributed by atoms with E-state index >= 15 is 0 Å². The van der Waals surface area contributed by atoms with Gasteiger partial charge in [-0.1, -0.05) is 0 Å². The Bertz CT molecular complexity index is 349. The average molecular weight is 310 g/mol. The van der Waals surface area contributed by atoms with Crippen LogP contribution in [0.15, 0.2) is 0 Å². The maximum atomic E-state index is 11.0. The minimum Gasteiger partial charge on any atom is -0.468 e. The Kier molecular flexibility index (Phi) is 3.87. The molecule has 0 aliphatic carbocycles. The average Bonchev–Trinajstić information content (AvgIpc) is 2.45. The number of aliphatic hydroxyl groups excluding tert-OH is 1. The number of nitrogens with zero attached hydrogens (tertiary/aromatic N) is 2. The van der Waals surface area contributed by atoms with E-state index in [9.17, 15) is 4.79 Å². The van der Waals surface area contributed by atoms with E-state index in [1.165, 1.54) is 11.8 Å². The molecule has 0 unspecified atom stereocenters. The lowest BCUT2D eigenvalue weighted by Gasteiger charge is -2.01. The third-order valence-corrected chi connectivity index (χ3v) is 3.26. The SMILES string of the molecule is COC(=O)Cn1nc(CO)c(I)c1C. The maximum absolute atomic E-state index is 11.0. The summed E-state index contributed by atoms with van der Waals surface area (Å²) in [7, 11) is 1.33. The van der Waals surface area contributed by atoms with Gasteiger partial charge in [-0.2, -0.15) is 5.10 Å². The molecule has 0 aromatic carbocycles. The fraction of sp³-hybridized carbons (Fsp3) is 0.500. The molecule has 1 rings (SSSR count). The number of carbonyl (C=O) groups is 1. The van der Waals surface area contributed by atoms with E-state index in [1.54, 1.807) is 0 Å². The molecule has 1 aromatic rings. The van der Waals surface area contributed by atoms with Gasteiger partial charge in [-0.05, 0) is 29.5 Å². The number of rotatable bonds is 3. The molecule has 0 radical (unpaired) electrons. The van der Waals surface area contributed by atoms with Crippen LogP contribution in [0, 0.1) is 10.5 Å². The molecule has 0 atom stereocenters. The second-order valence-corrected chi connectivity index (χ2v) is 3.82. The Morgan fingerprint density at radius 1 is 1.71 bits per heavy atom. The van der Waals surface area contributed by atoms with Crippen LogP contribution in [-0.2, 0) is 22.7 Å². The number of halogens is 1. The van der Waals surface area contributed by atoms with Gasteiger partial charge in [0.15, 0.2) is 0 Å². The summed E-state index contributed by atoms with van der Waals surface area (Å²) in [5.74, 6) is -0.350. The smallest absolute Gasteiger partial charge is 0.327 e. The Balaban J connectivity index is 2.93. The van der Waals surface area contributed by atoms with Crippen LogP contribution in [0.3, 0.4) is 0 Å². The van der Waals surface area contributed by atoms with Gasteiger partial charge in [0.05, 0.1) is 17.3 Å². The second kappa shape index (κ2) is 4.74. The molecule has 0 bridgehead atoms. The second-order valence-electron chi connectivity index (χ2n) is 2.74. The highest BCUT2D eigenvalue weighted by molar-refractivity contribution is 14.1. The molecule has 5 nitrogen and oxygen atoms in total. The summed E-state index contributed by atoms with van der Waals surface area (Å²) in [6.45, 7) is 1.81. The van der Waals surface area contributed by atoms with E-state index in [2.05, 4.69) is 32.4 Å². The lowest BCUT2D eigenvalue weighted by molar-refractivity contribution is -0.141.